The first kappa shape index (κ1) is 21.3. The highest BCUT2D eigenvalue weighted by molar-refractivity contribution is 7.89. The molecule has 1 aliphatic rings. The molecular formula is C19H17FN4O5S. The van der Waals surface area contributed by atoms with E-state index in [2.05, 4.69) is 16.0 Å². The van der Waals surface area contributed by atoms with Crippen LogP contribution in [0.15, 0.2) is 29.3 Å². The molecule has 1 aliphatic heterocycles. The van der Waals surface area contributed by atoms with Gasteiger partial charge < -0.3 is 19.7 Å². The fourth-order valence-corrected chi connectivity index (χ4v) is 4.37. The van der Waals surface area contributed by atoms with Crippen LogP contribution in [0.4, 0.5) is 10.1 Å². The second-order valence-corrected chi connectivity index (χ2v) is 8.50. The highest BCUT2D eigenvalue weighted by Gasteiger charge is 2.40. The van der Waals surface area contributed by atoms with Gasteiger partial charge in [0, 0.05) is 18.9 Å². The first-order valence-electron chi connectivity index (χ1n) is 8.55. The number of benzene rings is 1. The van der Waals surface area contributed by atoms with Gasteiger partial charge in [0.05, 0.1) is 11.6 Å². The first-order chi connectivity index (χ1) is 14.0. The number of halogens is 1. The molecule has 1 aromatic heterocycles. The van der Waals surface area contributed by atoms with Gasteiger partial charge in [-0.15, -0.1) is 6.42 Å². The van der Waals surface area contributed by atoms with E-state index in [0.717, 1.165) is 12.1 Å². The molecule has 2 aromatic rings. The highest BCUT2D eigenvalue weighted by Crippen LogP contribution is 2.34. The fourth-order valence-electron chi connectivity index (χ4n) is 2.88. The van der Waals surface area contributed by atoms with Crippen LogP contribution in [0.25, 0.3) is 0 Å². The number of sulfonamides is 1. The molecule has 3 N–H and O–H groups in total. The Kier molecular flexibility index (Phi) is 5.31. The van der Waals surface area contributed by atoms with Crippen LogP contribution in [-0.4, -0.2) is 42.2 Å². The van der Waals surface area contributed by atoms with Crippen LogP contribution < -0.4 is 14.8 Å². The second kappa shape index (κ2) is 7.46. The average molecular weight is 432 g/mol. The standard InChI is InChI=1S/C19H17FN4O5S/c1-4-19(2,26)15-10-29-17-14(30(27,28)23-15)9-24(3)16(17)18(25)22-12-5-6-13(20)11(7-12)8-21/h1,5-7,9,15,23,26H,10H2,2-3H3,(H,22,25). The van der Waals surface area contributed by atoms with E-state index in [-0.39, 0.29) is 34.2 Å². The van der Waals surface area contributed by atoms with Gasteiger partial charge in [-0.1, -0.05) is 5.92 Å². The Morgan fingerprint density at radius 2 is 2.23 bits per heavy atom. The minimum atomic E-state index is -4.17. The van der Waals surface area contributed by atoms with Crippen molar-refractivity contribution in [3.63, 3.8) is 0 Å². The number of aliphatic hydroxyl groups is 1. The van der Waals surface area contributed by atoms with Crippen LogP contribution in [-0.2, 0) is 17.1 Å². The first-order valence-corrected chi connectivity index (χ1v) is 10.0. The lowest BCUT2D eigenvalue weighted by atomic mass is 9.99. The van der Waals surface area contributed by atoms with Crippen LogP contribution in [0.5, 0.6) is 5.75 Å². The van der Waals surface area contributed by atoms with Gasteiger partial charge in [-0.25, -0.2) is 17.5 Å². The number of nitrogens with one attached hydrogen (secondary N) is 2. The number of nitrogens with zero attached hydrogens (tertiary/aromatic N) is 2. The van der Waals surface area contributed by atoms with E-state index in [1.807, 2.05) is 0 Å². The molecule has 0 radical (unpaired) electrons. The van der Waals surface area contributed by atoms with E-state index in [1.165, 1.54) is 30.8 Å². The predicted octanol–water partition coefficient (Wildman–Crippen LogP) is 0.712. The van der Waals surface area contributed by atoms with Gasteiger partial charge in [0.2, 0.25) is 10.0 Å². The zero-order chi connectivity index (χ0) is 22.3. The Bertz CT molecular complexity index is 1220. The van der Waals surface area contributed by atoms with Gasteiger partial charge in [0.1, 0.15) is 29.0 Å². The highest BCUT2D eigenvalue weighted by atomic mass is 32.2. The number of amides is 1. The predicted molar refractivity (Wildman–Crippen MR) is 104 cm³/mol. The van der Waals surface area contributed by atoms with Crippen molar-refractivity contribution in [3.05, 3.63) is 41.5 Å². The van der Waals surface area contributed by atoms with Gasteiger partial charge in [-0.3, -0.25) is 4.79 Å². The zero-order valence-electron chi connectivity index (χ0n) is 15.9. The monoisotopic (exact) mass is 432 g/mol. The summed E-state index contributed by atoms with van der Waals surface area (Å²) in [6.07, 6.45) is 6.46. The molecule has 2 unspecified atom stereocenters. The van der Waals surface area contributed by atoms with Gasteiger partial charge in [0.25, 0.3) is 5.91 Å². The van der Waals surface area contributed by atoms with Crippen LogP contribution in [0.1, 0.15) is 23.0 Å². The van der Waals surface area contributed by atoms with E-state index in [0.29, 0.717) is 0 Å². The number of carbonyl (C=O) groups excluding carboxylic acids is 1. The molecule has 156 valence electrons. The topological polar surface area (TPSA) is 133 Å². The Morgan fingerprint density at radius 3 is 2.87 bits per heavy atom. The van der Waals surface area contributed by atoms with Crippen molar-refractivity contribution in [2.45, 2.75) is 23.5 Å². The Hall–Kier alpha value is -3.38. The van der Waals surface area contributed by atoms with Gasteiger partial charge >= 0.3 is 0 Å². The summed E-state index contributed by atoms with van der Waals surface area (Å²) >= 11 is 0. The summed E-state index contributed by atoms with van der Waals surface area (Å²) in [7, 11) is -2.72. The molecule has 0 saturated heterocycles. The molecule has 3 rings (SSSR count). The van der Waals surface area contributed by atoms with Crippen LogP contribution in [0.2, 0.25) is 0 Å². The molecule has 1 aromatic carbocycles. The SMILES string of the molecule is C#CC(C)(O)C1COc2c(cn(C)c2C(=O)Nc2ccc(F)c(C#N)c2)S(=O)(=O)N1. The molecule has 30 heavy (non-hydrogen) atoms. The molecule has 0 aliphatic carbocycles. The average Bonchev–Trinajstić information content (AvgIpc) is 2.97. The van der Waals surface area contributed by atoms with Crippen LogP contribution in [0.3, 0.4) is 0 Å². The Morgan fingerprint density at radius 1 is 1.53 bits per heavy atom. The number of aromatic nitrogens is 1. The van der Waals surface area contributed by atoms with Crippen molar-refractivity contribution in [2.24, 2.45) is 7.05 Å². The van der Waals surface area contributed by atoms with Crippen molar-refractivity contribution in [2.75, 3.05) is 11.9 Å². The minimum Gasteiger partial charge on any atom is -0.488 e. The fraction of sp³-hybridized carbons (Fsp3) is 0.263. The molecule has 1 amide bonds. The number of rotatable bonds is 3. The molecule has 2 heterocycles. The van der Waals surface area contributed by atoms with Crippen LogP contribution in [0, 0.1) is 29.5 Å². The van der Waals surface area contributed by atoms with Crippen LogP contribution >= 0.6 is 0 Å². The molecule has 0 spiro atoms. The quantitative estimate of drug-likeness (QED) is 0.612. The summed E-state index contributed by atoms with van der Waals surface area (Å²) in [4.78, 5) is 12.5. The number of aryl methyl sites for hydroxylation is 1. The summed E-state index contributed by atoms with van der Waals surface area (Å²) in [6.45, 7) is 0.928. The largest absolute Gasteiger partial charge is 0.488 e. The third kappa shape index (κ3) is 3.74. The molecule has 0 saturated carbocycles. The van der Waals surface area contributed by atoms with E-state index in [1.54, 1.807) is 6.07 Å². The van der Waals surface area contributed by atoms with Crippen molar-refractivity contribution in [1.29, 1.82) is 5.26 Å². The van der Waals surface area contributed by atoms with Crippen molar-refractivity contribution < 1.29 is 27.4 Å². The zero-order valence-corrected chi connectivity index (χ0v) is 16.7. The third-order valence-corrected chi connectivity index (χ3v) is 6.08. The molecule has 2 atom stereocenters. The number of ether oxygens (including phenoxy) is 1. The number of nitriles is 1. The second-order valence-electron chi connectivity index (χ2n) is 6.82. The normalized spacial score (nSPS) is 19.2. The number of hydrogen-bond acceptors (Lipinski definition) is 6. The third-order valence-electron chi connectivity index (χ3n) is 4.61. The Balaban J connectivity index is 1.99. The molecule has 0 fully saturated rings. The van der Waals surface area contributed by atoms with Gasteiger partial charge in [-0.2, -0.15) is 5.26 Å². The van der Waals surface area contributed by atoms with Crippen molar-refractivity contribution >= 4 is 21.6 Å². The van der Waals surface area contributed by atoms with E-state index >= 15 is 0 Å². The summed E-state index contributed by atoms with van der Waals surface area (Å²) in [6, 6.07) is 3.94. The van der Waals surface area contributed by atoms with E-state index in [4.69, 9.17) is 16.4 Å². The number of fused-ring (bicyclic) bond motifs is 1. The van der Waals surface area contributed by atoms with Crippen molar-refractivity contribution in [3.8, 4) is 24.2 Å². The molecular weight excluding hydrogens is 415 g/mol. The number of carbonyl (C=O) groups is 1. The molecule has 9 nitrogen and oxygen atoms in total. The minimum absolute atomic E-state index is 0.126. The smallest absolute Gasteiger partial charge is 0.276 e. The maximum atomic E-state index is 13.5. The summed E-state index contributed by atoms with van der Waals surface area (Å²) in [5, 5.41) is 21.6. The van der Waals surface area contributed by atoms with E-state index < -0.39 is 33.4 Å². The maximum absolute atomic E-state index is 13.5. The number of hydrogen-bond donors (Lipinski definition) is 3. The lowest BCUT2D eigenvalue weighted by Gasteiger charge is -2.26. The molecule has 0 bridgehead atoms. The Labute approximate surface area is 172 Å². The number of terminal acetylenes is 1. The van der Waals surface area contributed by atoms with Gasteiger partial charge in [-0.05, 0) is 25.1 Å². The maximum Gasteiger partial charge on any atom is 0.276 e. The van der Waals surface area contributed by atoms with Gasteiger partial charge in [0.15, 0.2) is 11.4 Å². The lowest BCUT2D eigenvalue weighted by Crippen LogP contribution is -2.52. The summed E-state index contributed by atoms with van der Waals surface area (Å²) in [5.41, 5.74) is -2.08. The lowest BCUT2D eigenvalue weighted by molar-refractivity contribution is 0.0640. The summed E-state index contributed by atoms with van der Waals surface area (Å²) in [5.74, 6) is 0.393. The van der Waals surface area contributed by atoms with E-state index in [9.17, 15) is 22.7 Å². The number of anilines is 1. The molecule has 11 heteroatoms. The summed E-state index contributed by atoms with van der Waals surface area (Å²) < 4.78 is 48.1. The van der Waals surface area contributed by atoms with Crippen molar-refractivity contribution in [1.82, 2.24) is 9.29 Å².